The van der Waals surface area contributed by atoms with E-state index in [4.69, 9.17) is 5.73 Å². The Balaban J connectivity index is 2.64. The number of nitrogens with two attached hydrogens (primary N) is 1. The van der Waals surface area contributed by atoms with Crippen LogP contribution in [0.5, 0.6) is 0 Å². The van der Waals surface area contributed by atoms with Gasteiger partial charge in [0.2, 0.25) is 11.8 Å². The van der Waals surface area contributed by atoms with Gasteiger partial charge < -0.3 is 16.4 Å². The lowest BCUT2D eigenvalue weighted by Gasteiger charge is -2.32. The largest absolute Gasteiger partial charge is 0.349 e. The molecule has 2 amide bonds. The predicted octanol–water partition coefficient (Wildman–Crippen LogP) is 3.01. The summed E-state index contributed by atoms with van der Waals surface area (Å²) in [6.45, 7) is 10.0. The number of anilines is 1. The van der Waals surface area contributed by atoms with Gasteiger partial charge in [-0.3, -0.25) is 9.59 Å². The van der Waals surface area contributed by atoms with E-state index < -0.39 is 0 Å². The number of hydrogen-bond acceptors (Lipinski definition) is 4. The Hall–Kier alpha value is -1.53. The quantitative estimate of drug-likeness (QED) is 0.629. The highest BCUT2D eigenvalue weighted by molar-refractivity contribution is 8.00. The number of rotatable bonds is 8. The second kappa shape index (κ2) is 9.08. The van der Waals surface area contributed by atoms with E-state index >= 15 is 0 Å². The van der Waals surface area contributed by atoms with E-state index in [0.717, 1.165) is 17.0 Å². The molecule has 0 heterocycles. The summed E-state index contributed by atoms with van der Waals surface area (Å²) >= 11 is 1.48. The molecule has 0 aromatic heterocycles. The summed E-state index contributed by atoms with van der Waals surface area (Å²) in [5.41, 5.74) is 6.22. The third-order valence-corrected chi connectivity index (χ3v) is 4.70. The summed E-state index contributed by atoms with van der Waals surface area (Å²) in [6, 6.07) is 7.46. The molecule has 0 saturated carbocycles. The van der Waals surface area contributed by atoms with Gasteiger partial charge in [-0.25, -0.2) is 0 Å². The van der Waals surface area contributed by atoms with Crippen molar-refractivity contribution in [1.29, 1.82) is 0 Å². The van der Waals surface area contributed by atoms with Crippen molar-refractivity contribution in [1.82, 2.24) is 5.32 Å². The maximum atomic E-state index is 12.5. The van der Waals surface area contributed by atoms with Crippen molar-refractivity contribution < 1.29 is 9.59 Å². The second-order valence-electron chi connectivity index (χ2n) is 6.82. The molecule has 2 atom stereocenters. The molecule has 0 aliphatic carbocycles. The molecule has 1 rings (SSSR count). The Morgan fingerprint density at radius 1 is 1.21 bits per heavy atom. The van der Waals surface area contributed by atoms with Gasteiger partial charge in [0, 0.05) is 29.6 Å². The van der Waals surface area contributed by atoms with Crippen LogP contribution < -0.4 is 16.4 Å². The maximum absolute atomic E-state index is 12.5. The normalized spacial score (nSPS) is 14.8. The van der Waals surface area contributed by atoms with E-state index in [9.17, 15) is 9.59 Å². The van der Waals surface area contributed by atoms with Crippen LogP contribution in [-0.2, 0) is 9.59 Å². The molecule has 0 saturated heterocycles. The molecule has 5 nitrogen and oxygen atoms in total. The third kappa shape index (κ3) is 6.93. The molecule has 6 heteroatoms. The molecular formula is C18H29N3O2S. The zero-order valence-corrected chi connectivity index (χ0v) is 16.0. The van der Waals surface area contributed by atoms with Gasteiger partial charge in [0.25, 0.3) is 0 Å². The van der Waals surface area contributed by atoms with E-state index in [0.29, 0.717) is 12.5 Å². The molecule has 2 unspecified atom stereocenters. The van der Waals surface area contributed by atoms with Crippen molar-refractivity contribution in [3.05, 3.63) is 24.3 Å². The van der Waals surface area contributed by atoms with Crippen LogP contribution in [0.1, 0.15) is 41.0 Å². The smallest absolute Gasteiger partial charge is 0.233 e. The van der Waals surface area contributed by atoms with Crippen LogP contribution in [0.4, 0.5) is 5.69 Å². The van der Waals surface area contributed by atoms with Crippen molar-refractivity contribution in [2.45, 2.75) is 56.7 Å². The first-order chi connectivity index (χ1) is 11.1. The Bertz CT molecular complexity index is 560. The first-order valence-corrected chi connectivity index (χ1v) is 9.09. The van der Waals surface area contributed by atoms with E-state index in [1.165, 1.54) is 18.7 Å². The second-order valence-corrected chi connectivity index (χ2v) is 8.23. The summed E-state index contributed by atoms with van der Waals surface area (Å²) < 4.78 is 0. The Kier molecular flexibility index (Phi) is 7.76. The van der Waals surface area contributed by atoms with Gasteiger partial charge in [0.05, 0.1) is 5.25 Å². The van der Waals surface area contributed by atoms with Crippen LogP contribution in [0.25, 0.3) is 0 Å². The van der Waals surface area contributed by atoms with Crippen LogP contribution >= 0.6 is 11.8 Å². The fourth-order valence-corrected chi connectivity index (χ4v) is 3.43. The molecule has 24 heavy (non-hydrogen) atoms. The summed E-state index contributed by atoms with van der Waals surface area (Å²) in [5.74, 6) is 0.344. The zero-order valence-electron chi connectivity index (χ0n) is 15.2. The Morgan fingerprint density at radius 2 is 1.79 bits per heavy atom. The minimum atomic E-state index is -0.380. The minimum absolute atomic E-state index is 0.0143. The summed E-state index contributed by atoms with van der Waals surface area (Å²) in [5, 5.41) is 5.59. The van der Waals surface area contributed by atoms with Crippen molar-refractivity contribution in [3.63, 3.8) is 0 Å². The molecule has 4 N–H and O–H groups in total. The standard InChI is InChI=1S/C18H29N3O2S/c1-12(2)10-18(5,11-19)21-17(23)13(3)24-16-8-6-15(7-9-16)20-14(4)22/h6-9,12-13H,10-11,19H2,1-5H3,(H,20,22)(H,21,23). The number of hydrogen-bond donors (Lipinski definition) is 3. The van der Waals surface area contributed by atoms with Crippen molar-refractivity contribution in [2.75, 3.05) is 11.9 Å². The molecule has 1 aromatic carbocycles. The number of thioether (sulfide) groups is 1. The minimum Gasteiger partial charge on any atom is -0.349 e. The maximum Gasteiger partial charge on any atom is 0.233 e. The van der Waals surface area contributed by atoms with Crippen molar-refractivity contribution >= 4 is 29.3 Å². The fraction of sp³-hybridized carbons (Fsp3) is 0.556. The van der Waals surface area contributed by atoms with Gasteiger partial charge >= 0.3 is 0 Å². The van der Waals surface area contributed by atoms with Crippen LogP contribution in [0.15, 0.2) is 29.2 Å². The fourth-order valence-electron chi connectivity index (χ4n) is 2.56. The van der Waals surface area contributed by atoms with Crippen molar-refractivity contribution in [2.24, 2.45) is 11.7 Å². The van der Waals surface area contributed by atoms with Gasteiger partial charge in [-0.15, -0.1) is 11.8 Å². The van der Waals surface area contributed by atoms with E-state index in [1.54, 1.807) is 0 Å². The predicted molar refractivity (Wildman–Crippen MR) is 101 cm³/mol. The van der Waals surface area contributed by atoms with Crippen LogP contribution in [0.3, 0.4) is 0 Å². The molecule has 0 fully saturated rings. The number of amides is 2. The van der Waals surface area contributed by atoms with E-state index in [-0.39, 0.29) is 22.6 Å². The lowest BCUT2D eigenvalue weighted by molar-refractivity contribution is -0.122. The van der Waals surface area contributed by atoms with Gasteiger partial charge in [0.1, 0.15) is 0 Å². The number of nitrogens with one attached hydrogen (secondary N) is 2. The highest BCUT2D eigenvalue weighted by atomic mass is 32.2. The molecule has 0 bridgehead atoms. The van der Waals surface area contributed by atoms with Crippen LogP contribution in [-0.4, -0.2) is 29.1 Å². The average Bonchev–Trinajstić information content (AvgIpc) is 2.47. The van der Waals surface area contributed by atoms with Gasteiger partial charge in [0.15, 0.2) is 0 Å². The molecule has 0 radical (unpaired) electrons. The molecule has 0 spiro atoms. The van der Waals surface area contributed by atoms with E-state index in [1.807, 2.05) is 38.1 Å². The van der Waals surface area contributed by atoms with E-state index in [2.05, 4.69) is 24.5 Å². The zero-order chi connectivity index (χ0) is 18.3. The molecule has 134 valence electrons. The van der Waals surface area contributed by atoms with Gasteiger partial charge in [-0.05, 0) is 50.5 Å². The molecule has 0 aliphatic rings. The lowest BCUT2D eigenvalue weighted by atomic mass is 9.90. The van der Waals surface area contributed by atoms with Gasteiger partial charge in [-0.1, -0.05) is 13.8 Å². The highest BCUT2D eigenvalue weighted by Gasteiger charge is 2.28. The van der Waals surface area contributed by atoms with Gasteiger partial charge in [-0.2, -0.15) is 0 Å². The summed E-state index contributed by atoms with van der Waals surface area (Å²) in [4.78, 5) is 24.5. The average molecular weight is 352 g/mol. The number of benzene rings is 1. The third-order valence-electron chi connectivity index (χ3n) is 3.59. The van der Waals surface area contributed by atoms with Crippen LogP contribution in [0.2, 0.25) is 0 Å². The molecule has 1 aromatic rings. The number of carbonyl (C=O) groups is 2. The monoisotopic (exact) mass is 351 g/mol. The lowest BCUT2D eigenvalue weighted by Crippen LogP contribution is -2.54. The first kappa shape index (κ1) is 20.5. The Labute approximate surface area is 149 Å². The SMILES string of the molecule is CC(=O)Nc1ccc(SC(C)C(=O)NC(C)(CN)CC(C)C)cc1. The highest BCUT2D eigenvalue weighted by Crippen LogP contribution is 2.26. The summed E-state index contributed by atoms with van der Waals surface area (Å²) in [7, 11) is 0. The van der Waals surface area contributed by atoms with Crippen LogP contribution in [0, 0.1) is 5.92 Å². The summed E-state index contributed by atoms with van der Waals surface area (Å²) in [6.07, 6.45) is 0.845. The molecule has 0 aliphatic heterocycles. The first-order valence-electron chi connectivity index (χ1n) is 8.21. The Morgan fingerprint density at radius 3 is 2.25 bits per heavy atom. The molecular weight excluding hydrogens is 322 g/mol. The number of carbonyl (C=O) groups excluding carboxylic acids is 2. The van der Waals surface area contributed by atoms with Crippen molar-refractivity contribution in [3.8, 4) is 0 Å². The topological polar surface area (TPSA) is 84.2 Å².